The summed E-state index contributed by atoms with van der Waals surface area (Å²) >= 11 is 8.03. The molecule has 2 aromatic heterocycles. The van der Waals surface area contributed by atoms with Gasteiger partial charge in [-0.3, -0.25) is 4.98 Å². The molecule has 0 bridgehead atoms. The van der Waals surface area contributed by atoms with Crippen LogP contribution in [-0.2, 0) is 0 Å². The molecule has 2 nitrogen and oxygen atoms in total. The van der Waals surface area contributed by atoms with Gasteiger partial charge in [-0.15, -0.1) is 11.3 Å². The number of halogens is 1. The van der Waals surface area contributed by atoms with Gasteiger partial charge < -0.3 is 5.32 Å². The van der Waals surface area contributed by atoms with Crippen molar-refractivity contribution in [1.82, 2.24) is 4.98 Å². The molecule has 0 spiro atoms. The lowest BCUT2D eigenvalue weighted by Crippen LogP contribution is -2.05. The molecule has 0 aliphatic carbocycles. The third-order valence-electron chi connectivity index (χ3n) is 3.28. The Labute approximate surface area is 127 Å². The monoisotopic (exact) mass is 302 g/mol. The van der Waals surface area contributed by atoms with Crippen molar-refractivity contribution in [2.75, 3.05) is 5.32 Å². The van der Waals surface area contributed by atoms with Gasteiger partial charge in [-0.2, -0.15) is 0 Å². The molecule has 2 heterocycles. The van der Waals surface area contributed by atoms with Gasteiger partial charge in [-0.05, 0) is 50.2 Å². The molecule has 0 radical (unpaired) electrons. The second-order valence-electron chi connectivity index (χ2n) is 4.81. The van der Waals surface area contributed by atoms with E-state index in [1.54, 1.807) is 6.20 Å². The lowest BCUT2D eigenvalue weighted by molar-refractivity contribution is 0.909. The highest BCUT2D eigenvalue weighted by Crippen LogP contribution is 2.31. The normalized spacial score (nSPS) is 12.6. The van der Waals surface area contributed by atoms with Gasteiger partial charge in [0, 0.05) is 21.3 Å². The Bertz CT molecular complexity index is 751. The van der Waals surface area contributed by atoms with Gasteiger partial charge in [0.2, 0.25) is 0 Å². The number of pyridine rings is 1. The molecule has 4 heteroatoms. The van der Waals surface area contributed by atoms with Crippen molar-refractivity contribution in [2.24, 2.45) is 0 Å². The van der Waals surface area contributed by atoms with Crippen LogP contribution in [0.4, 0.5) is 5.69 Å². The Morgan fingerprint density at radius 3 is 2.80 bits per heavy atom. The summed E-state index contributed by atoms with van der Waals surface area (Å²) in [6.45, 7) is 4.29. The van der Waals surface area contributed by atoms with E-state index in [1.165, 1.54) is 9.75 Å². The predicted octanol–water partition coefficient (Wildman–Crippen LogP) is 5.43. The van der Waals surface area contributed by atoms with Crippen LogP contribution in [0.1, 0.15) is 22.7 Å². The first-order chi connectivity index (χ1) is 9.65. The molecule has 3 aromatic rings. The van der Waals surface area contributed by atoms with E-state index in [9.17, 15) is 0 Å². The number of thiophene rings is 1. The van der Waals surface area contributed by atoms with Crippen LogP contribution in [0.3, 0.4) is 0 Å². The Morgan fingerprint density at radius 1 is 1.20 bits per heavy atom. The fourth-order valence-corrected chi connectivity index (χ4v) is 3.34. The van der Waals surface area contributed by atoms with E-state index in [0.29, 0.717) is 0 Å². The van der Waals surface area contributed by atoms with E-state index >= 15 is 0 Å². The lowest BCUT2D eigenvalue weighted by Gasteiger charge is -2.15. The summed E-state index contributed by atoms with van der Waals surface area (Å²) in [6, 6.07) is 12.4. The van der Waals surface area contributed by atoms with E-state index in [1.807, 2.05) is 35.6 Å². The molecule has 0 fully saturated rings. The summed E-state index contributed by atoms with van der Waals surface area (Å²) in [6.07, 6.45) is 1.80. The average molecular weight is 303 g/mol. The van der Waals surface area contributed by atoms with Gasteiger partial charge in [0.1, 0.15) is 0 Å². The number of hydrogen-bond acceptors (Lipinski definition) is 3. The number of hydrogen-bond donors (Lipinski definition) is 1. The first-order valence-electron chi connectivity index (χ1n) is 6.51. The molecule has 0 saturated carbocycles. The standard InChI is InChI=1S/C16H15ClN2S/c1-10-5-8-15(20-10)11(2)19-14-7-6-13(17)12-4-3-9-18-16(12)14/h3-9,11,19H,1-2H3. The number of rotatable bonds is 3. The second-order valence-corrected chi connectivity index (χ2v) is 6.54. The fraction of sp³-hybridized carbons (Fsp3) is 0.188. The van der Waals surface area contributed by atoms with Gasteiger partial charge in [0.25, 0.3) is 0 Å². The molecule has 1 unspecified atom stereocenters. The number of anilines is 1. The minimum atomic E-state index is 0.250. The molecule has 1 aromatic carbocycles. The van der Waals surface area contributed by atoms with Crippen molar-refractivity contribution < 1.29 is 0 Å². The molecular weight excluding hydrogens is 288 g/mol. The fourth-order valence-electron chi connectivity index (χ4n) is 2.24. The second kappa shape index (κ2) is 5.43. The highest BCUT2D eigenvalue weighted by Gasteiger charge is 2.11. The van der Waals surface area contributed by atoms with Crippen molar-refractivity contribution in [3.63, 3.8) is 0 Å². The summed E-state index contributed by atoms with van der Waals surface area (Å²) in [5.74, 6) is 0. The predicted molar refractivity (Wildman–Crippen MR) is 87.8 cm³/mol. The molecule has 102 valence electrons. The molecule has 1 atom stereocenters. The largest absolute Gasteiger partial charge is 0.376 e. The number of aryl methyl sites for hydroxylation is 1. The van der Waals surface area contributed by atoms with Crippen LogP contribution in [0.15, 0.2) is 42.6 Å². The van der Waals surface area contributed by atoms with Crippen LogP contribution in [0.2, 0.25) is 5.02 Å². The zero-order chi connectivity index (χ0) is 14.1. The Hall–Kier alpha value is -1.58. The first kappa shape index (κ1) is 13.4. The number of nitrogens with one attached hydrogen (secondary N) is 1. The van der Waals surface area contributed by atoms with Gasteiger partial charge in [0.15, 0.2) is 0 Å². The Kier molecular flexibility index (Phi) is 3.64. The van der Waals surface area contributed by atoms with E-state index in [2.05, 4.69) is 36.3 Å². The third-order valence-corrected chi connectivity index (χ3v) is 4.79. The molecule has 1 N–H and O–H groups in total. The molecular formula is C16H15ClN2S. The maximum Gasteiger partial charge on any atom is 0.0948 e. The van der Waals surface area contributed by atoms with Gasteiger partial charge in [0.05, 0.1) is 22.3 Å². The van der Waals surface area contributed by atoms with Crippen molar-refractivity contribution in [3.05, 3.63) is 57.4 Å². The van der Waals surface area contributed by atoms with Crippen LogP contribution in [0, 0.1) is 6.92 Å². The number of nitrogens with zero attached hydrogens (tertiary/aromatic N) is 1. The van der Waals surface area contributed by atoms with Crippen LogP contribution < -0.4 is 5.32 Å². The SMILES string of the molecule is Cc1ccc(C(C)Nc2ccc(Cl)c3cccnc23)s1. The molecule has 20 heavy (non-hydrogen) atoms. The molecule has 0 aliphatic rings. The molecule has 3 rings (SSSR count). The van der Waals surface area contributed by atoms with Gasteiger partial charge in [-0.25, -0.2) is 0 Å². The first-order valence-corrected chi connectivity index (χ1v) is 7.70. The van der Waals surface area contributed by atoms with E-state index in [4.69, 9.17) is 11.6 Å². The number of benzene rings is 1. The zero-order valence-electron chi connectivity index (χ0n) is 11.4. The van der Waals surface area contributed by atoms with Crippen molar-refractivity contribution in [1.29, 1.82) is 0 Å². The topological polar surface area (TPSA) is 24.9 Å². The summed E-state index contributed by atoms with van der Waals surface area (Å²) in [5.41, 5.74) is 1.93. The summed E-state index contributed by atoms with van der Waals surface area (Å²) < 4.78 is 0. The minimum absolute atomic E-state index is 0.250. The summed E-state index contributed by atoms with van der Waals surface area (Å²) in [7, 11) is 0. The Balaban J connectivity index is 1.97. The molecule has 0 aliphatic heterocycles. The third kappa shape index (κ3) is 2.51. The number of aromatic nitrogens is 1. The van der Waals surface area contributed by atoms with Crippen LogP contribution in [-0.4, -0.2) is 4.98 Å². The molecule has 0 amide bonds. The molecule has 0 saturated heterocycles. The maximum absolute atomic E-state index is 6.22. The number of fused-ring (bicyclic) bond motifs is 1. The smallest absolute Gasteiger partial charge is 0.0948 e. The van der Waals surface area contributed by atoms with Crippen molar-refractivity contribution in [3.8, 4) is 0 Å². The minimum Gasteiger partial charge on any atom is -0.376 e. The van der Waals surface area contributed by atoms with Crippen LogP contribution in [0.25, 0.3) is 10.9 Å². The van der Waals surface area contributed by atoms with E-state index in [-0.39, 0.29) is 6.04 Å². The van der Waals surface area contributed by atoms with Crippen LogP contribution >= 0.6 is 22.9 Å². The van der Waals surface area contributed by atoms with Gasteiger partial charge >= 0.3 is 0 Å². The Morgan fingerprint density at radius 2 is 2.05 bits per heavy atom. The van der Waals surface area contributed by atoms with Crippen LogP contribution in [0.5, 0.6) is 0 Å². The van der Waals surface area contributed by atoms with Gasteiger partial charge in [-0.1, -0.05) is 11.6 Å². The highest BCUT2D eigenvalue weighted by atomic mass is 35.5. The lowest BCUT2D eigenvalue weighted by atomic mass is 10.1. The van der Waals surface area contributed by atoms with Crippen molar-refractivity contribution in [2.45, 2.75) is 19.9 Å². The maximum atomic E-state index is 6.22. The van der Waals surface area contributed by atoms with E-state index < -0.39 is 0 Å². The van der Waals surface area contributed by atoms with Crippen molar-refractivity contribution >= 4 is 39.5 Å². The highest BCUT2D eigenvalue weighted by molar-refractivity contribution is 7.12. The zero-order valence-corrected chi connectivity index (χ0v) is 12.9. The quantitative estimate of drug-likeness (QED) is 0.697. The summed E-state index contributed by atoms with van der Waals surface area (Å²) in [5, 5.41) is 5.25. The summed E-state index contributed by atoms with van der Waals surface area (Å²) in [4.78, 5) is 7.10. The average Bonchev–Trinajstić information content (AvgIpc) is 2.89. The van der Waals surface area contributed by atoms with E-state index in [0.717, 1.165) is 21.6 Å².